The molecule has 3 aromatic rings. The number of aliphatic hydroxyl groups is 1. The van der Waals surface area contributed by atoms with E-state index in [1.807, 2.05) is 0 Å². The molecule has 1 fully saturated rings. The van der Waals surface area contributed by atoms with Gasteiger partial charge in [-0.25, -0.2) is 18.7 Å². The van der Waals surface area contributed by atoms with Crippen LogP contribution >= 0.6 is 11.6 Å². The van der Waals surface area contributed by atoms with Crippen molar-refractivity contribution in [3.63, 3.8) is 0 Å². The van der Waals surface area contributed by atoms with E-state index in [9.17, 15) is 13.9 Å². The Morgan fingerprint density at radius 3 is 2.74 bits per heavy atom. The third kappa shape index (κ3) is 6.56. The van der Waals surface area contributed by atoms with E-state index >= 15 is 0 Å². The summed E-state index contributed by atoms with van der Waals surface area (Å²) < 4.78 is 33.1. The summed E-state index contributed by atoms with van der Waals surface area (Å²) in [5.74, 6) is -0.611. The minimum Gasteiger partial charge on any atom is -0.491 e. The van der Waals surface area contributed by atoms with Crippen molar-refractivity contribution >= 4 is 39.7 Å². The van der Waals surface area contributed by atoms with Gasteiger partial charge in [0.15, 0.2) is 6.23 Å². The molecular weight excluding hydrogens is 476 g/mol. The van der Waals surface area contributed by atoms with Crippen LogP contribution in [0, 0.1) is 5.82 Å². The smallest absolute Gasteiger partial charge is 0.177 e. The lowest BCUT2D eigenvalue weighted by Gasteiger charge is -2.26. The van der Waals surface area contributed by atoms with Gasteiger partial charge in [0.2, 0.25) is 0 Å². The zero-order valence-corrected chi connectivity index (χ0v) is 20.0. The summed E-state index contributed by atoms with van der Waals surface area (Å²) in [6, 6.07) is 7.59. The van der Waals surface area contributed by atoms with Gasteiger partial charge in [-0.3, -0.25) is 0 Å². The fraction of sp³-hybridized carbons (Fsp3) is 0.360. The molecule has 0 aliphatic carbocycles. The number of aromatic nitrogens is 2. The van der Waals surface area contributed by atoms with Crippen LogP contribution in [0.15, 0.2) is 49.1 Å². The number of aliphatic hydroxyl groups excluding tert-OH is 1. The average Bonchev–Trinajstić information content (AvgIpc) is 2.85. The molecule has 7 nitrogen and oxygen atoms in total. The second-order valence-electron chi connectivity index (χ2n) is 8.44. The number of piperidine rings is 1. The van der Waals surface area contributed by atoms with Crippen LogP contribution in [-0.2, 0) is 0 Å². The number of halogens is 3. The van der Waals surface area contributed by atoms with E-state index in [-0.39, 0.29) is 5.02 Å². The molecule has 1 unspecified atom stereocenters. The average molecular weight is 504 g/mol. The first kappa shape index (κ1) is 25.1. The third-order valence-electron chi connectivity index (χ3n) is 5.83. The number of anilines is 3. The maximum Gasteiger partial charge on any atom is 0.177 e. The molecule has 1 saturated heterocycles. The first-order valence-corrected chi connectivity index (χ1v) is 11.9. The van der Waals surface area contributed by atoms with Gasteiger partial charge >= 0.3 is 0 Å². The van der Waals surface area contributed by atoms with Gasteiger partial charge in [-0.15, -0.1) is 0 Å². The summed E-state index contributed by atoms with van der Waals surface area (Å²) in [4.78, 5) is 11.0. The highest BCUT2D eigenvalue weighted by Gasteiger charge is 2.16. The van der Waals surface area contributed by atoms with Crippen LogP contribution in [0.4, 0.5) is 26.0 Å². The molecule has 0 amide bonds. The number of nitrogens with one attached hydrogen (secondary N) is 2. The monoisotopic (exact) mass is 503 g/mol. The topological polar surface area (TPSA) is 82.5 Å². The molecular formula is C25H28ClF2N5O2. The van der Waals surface area contributed by atoms with E-state index in [4.69, 9.17) is 16.3 Å². The van der Waals surface area contributed by atoms with Crippen molar-refractivity contribution in [1.29, 1.82) is 0 Å². The number of fused-ring (bicyclic) bond motifs is 1. The van der Waals surface area contributed by atoms with Crippen molar-refractivity contribution in [2.75, 3.05) is 36.9 Å². The summed E-state index contributed by atoms with van der Waals surface area (Å²) in [6.07, 6.45) is 4.35. The summed E-state index contributed by atoms with van der Waals surface area (Å²) in [7, 11) is 0. The molecule has 0 spiro atoms. The molecule has 4 rings (SSSR count). The summed E-state index contributed by atoms with van der Waals surface area (Å²) in [6.45, 7) is 6.77. The van der Waals surface area contributed by atoms with E-state index in [0.717, 1.165) is 26.1 Å². The van der Waals surface area contributed by atoms with Crippen LogP contribution in [-0.4, -0.2) is 52.4 Å². The minimum atomic E-state index is -1.61. The Bertz CT molecular complexity index is 1190. The van der Waals surface area contributed by atoms with E-state index < -0.39 is 17.9 Å². The number of hydrogen-bond acceptors (Lipinski definition) is 7. The molecule has 1 atom stereocenters. The van der Waals surface area contributed by atoms with Gasteiger partial charge in [-0.2, -0.15) is 0 Å². The Hall–Kier alpha value is -3.01. The zero-order valence-electron chi connectivity index (χ0n) is 19.2. The molecule has 35 heavy (non-hydrogen) atoms. The number of hydrogen-bond donors (Lipinski definition) is 3. The lowest BCUT2D eigenvalue weighted by atomic mass is 10.1. The largest absolute Gasteiger partial charge is 0.491 e. The Morgan fingerprint density at radius 1 is 1.20 bits per heavy atom. The zero-order chi connectivity index (χ0) is 24.8. The van der Waals surface area contributed by atoms with Gasteiger partial charge < -0.3 is 25.4 Å². The predicted octanol–water partition coefficient (Wildman–Crippen LogP) is 5.63. The van der Waals surface area contributed by atoms with Crippen molar-refractivity contribution in [3.8, 4) is 5.75 Å². The van der Waals surface area contributed by atoms with E-state index in [2.05, 4.69) is 32.1 Å². The molecule has 3 N–H and O–H groups in total. The van der Waals surface area contributed by atoms with Crippen molar-refractivity contribution in [2.45, 2.75) is 31.9 Å². The van der Waals surface area contributed by atoms with Gasteiger partial charge in [-0.05, 0) is 56.6 Å². The fourth-order valence-corrected chi connectivity index (χ4v) is 4.19. The lowest BCUT2D eigenvalue weighted by Crippen LogP contribution is -2.31. The van der Waals surface area contributed by atoms with Crippen molar-refractivity contribution < 1.29 is 18.6 Å². The first-order valence-electron chi connectivity index (χ1n) is 11.6. The van der Waals surface area contributed by atoms with E-state index in [1.54, 1.807) is 12.1 Å². The molecule has 2 heterocycles. The first-order chi connectivity index (χ1) is 16.9. The van der Waals surface area contributed by atoms with Gasteiger partial charge in [0.1, 0.15) is 29.5 Å². The standard InChI is InChI=1S/C25H28ClF2N5O2/c1-16(27)25(34)32-22-13-18-21(14-23(22)35-11-5-10-33-8-3-2-4-9-33)29-15-30-24(18)31-17-6-7-20(28)19(26)12-17/h6-7,12-15,25,32,34H,1-5,8-11H2,(H,29,30,31). The van der Waals surface area contributed by atoms with Gasteiger partial charge in [0.05, 0.1) is 22.8 Å². The molecule has 1 aliphatic heterocycles. The highest BCUT2D eigenvalue weighted by atomic mass is 35.5. The molecule has 1 aliphatic rings. The Morgan fingerprint density at radius 2 is 2.00 bits per heavy atom. The number of nitrogens with zero attached hydrogens (tertiary/aromatic N) is 3. The maximum atomic E-state index is 13.5. The van der Waals surface area contributed by atoms with Crippen LogP contribution in [0.2, 0.25) is 5.02 Å². The molecule has 0 saturated carbocycles. The van der Waals surface area contributed by atoms with Crippen LogP contribution in [0.3, 0.4) is 0 Å². The van der Waals surface area contributed by atoms with Crippen LogP contribution < -0.4 is 15.4 Å². The predicted molar refractivity (Wildman–Crippen MR) is 135 cm³/mol. The molecule has 2 aromatic carbocycles. The van der Waals surface area contributed by atoms with Gasteiger partial charge in [-0.1, -0.05) is 24.6 Å². The van der Waals surface area contributed by atoms with Crippen LogP contribution in [0.5, 0.6) is 5.75 Å². The highest BCUT2D eigenvalue weighted by Crippen LogP contribution is 2.34. The van der Waals surface area contributed by atoms with Crippen molar-refractivity contribution in [3.05, 3.63) is 59.9 Å². The number of likely N-dealkylation sites (tertiary alicyclic amines) is 1. The molecule has 10 heteroatoms. The molecule has 0 bridgehead atoms. The van der Waals surface area contributed by atoms with E-state index in [0.29, 0.717) is 40.5 Å². The van der Waals surface area contributed by atoms with Gasteiger partial charge in [0, 0.05) is 23.7 Å². The van der Waals surface area contributed by atoms with Gasteiger partial charge in [0.25, 0.3) is 0 Å². The third-order valence-corrected chi connectivity index (χ3v) is 6.12. The maximum absolute atomic E-state index is 13.5. The lowest BCUT2D eigenvalue weighted by molar-refractivity contribution is 0.202. The van der Waals surface area contributed by atoms with Crippen LogP contribution in [0.1, 0.15) is 25.7 Å². The second-order valence-corrected chi connectivity index (χ2v) is 8.85. The van der Waals surface area contributed by atoms with E-state index in [1.165, 1.54) is 43.8 Å². The normalized spacial score (nSPS) is 15.1. The SMILES string of the molecule is C=C(F)C(O)Nc1cc2c(Nc3ccc(F)c(Cl)c3)ncnc2cc1OCCCN1CCCCC1. The van der Waals surface area contributed by atoms with Crippen molar-refractivity contribution in [1.82, 2.24) is 14.9 Å². The number of benzene rings is 2. The summed E-state index contributed by atoms with van der Waals surface area (Å²) in [5.41, 5.74) is 1.46. The van der Waals surface area contributed by atoms with Crippen LogP contribution in [0.25, 0.3) is 10.9 Å². The Balaban J connectivity index is 1.57. The Kier molecular flexibility index (Phi) is 8.33. The van der Waals surface area contributed by atoms with Crippen molar-refractivity contribution in [2.24, 2.45) is 0 Å². The summed E-state index contributed by atoms with van der Waals surface area (Å²) >= 11 is 5.89. The second kappa shape index (κ2) is 11.6. The molecule has 186 valence electrons. The highest BCUT2D eigenvalue weighted by molar-refractivity contribution is 6.31. The fourth-order valence-electron chi connectivity index (χ4n) is 4.01. The molecule has 0 radical (unpaired) electrons. The quantitative estimate of drug-likeness (QED) is 0.244. The molecule has 1 aromatic heterocycles. The number of ether oxygens (including phenoxy) is 1. The number of rotatable bonds is 10. The Labute approximate surface area is 207 Å². The summed E-state index contributed by atoms with van der Waals surface area (Å²) in [5, 5.41) is 16.4. The minimum absolute atomic E-state index is 0.0273.